The fourth-order valence-corrected chi connectivity index (χ4v) is 1.12. The van der Waals surface area contributed by atoms with E-state index in [1.54, 1.807) is 0 Å². The predicted molar refractivity (Wildman–Crippen MR) is 54.7 cm³/mol. The Bertz CT molecular complexity index is 357. The van der Waals surface area contributed by atoms with Crippen LogP contribution >= 0.6 is 0 Å². The molecule has 0 bridgehead atoms. The number of ether oxygens (including phenoxy) is 1. The molecule has 1 aromatic carbocycles. The minimum absolute atomic E-state index is 0.0747. The van der Waals surface area contributed by atoms with Crippen molar-refractivity contribution >= 4 is 5.69 Å². The normalized spacial score (nSPS) is 13.2. The van der Waals surface area contributed by atoms with Crippen molar-refractivity contribution in [3.8, 4) is 5.75 Å². The SMILES string of the molecule is OC[C@@H](O)CNc1ccccc1OC(F)(F)F. The van der Waals surface area contributed by atoms with E-state index >= 15 is 0 Å². The summed E-state index contributed by atoms with van der Waals surface area (Å²) in [7, 11) is 0. The minimum Gasteiger partial charge on any atom is -0.404 e. The molecule has 0 saturated carbocycles. The summed E-state index contributed by atoms with van der Waals surface area (Å²) in [5.74, 6) is -0.384. The zero-order valence-electron chi connectivity index (χ0n) is 8.74. The molecule has 3 N–H and O–H groups in total. The Hall–Kier alpha value is -1.47. The van der Waals surface area contributed by atoms with Crippen molar-refractivity contribution in [3.05, 3.63) is 24.3 Å². The number of nitrogens with one attached hydrogen (secondary N) is 1. The molecule has 0 radical (unpaired) electrons. The van der Waals surface area contributed by atoms with E-state index in [0.29, 0.717) is 0 Å². The zero-order valence-corrected chi connectivity index (χ0v) is 8.74. The van der Waals surface area contributed by atoms with Crippen LogP contribution in [0.5, 0.6) is 5.75 Å². The van der Waals surface area contributed by atoms with Gasteiger partial charge in [-0.25, -0.2) is 0 Å². The van der Waals surface area contributed by atoms with Crippen molar-refractivity contribution in [2.75, 3.05) is 18.5 Å². The van der Waals surface area contributed by atoms with Gasteiger partial charge in [-0.1, -0.05) is 12.1 Å². The fourth-order valence-electron chi connectivity index (χ4n) is 1.12. The number of rotatable bonds is 5. The number of para-hydroxylation sites is 2. The molecule has 0 aliphatic carbocycles. The maximum atomic E-state index is 12.0. The first-order valence-corrected chi connectivity index (χ1v) is 4.80. The molecule has 17 heavy (non-hydrogen) atoms. The van der Waals surface area contributed by atoms with Gasteiger partial charge in [0.1, 0.15) is 0 Å². The molecule has 0 spiro atoms. The Balaban J connectivity index is 2.71. The van der Waals surface area contributed by atoms with E-state index in [1.165, 1.54) is 18.2 Å². The molecule has 4 nitrogen and oxygen atoms in total. The maximum absolute atomic E-state index is 12.0. The highest BCUT2D eigenvalue weighted by Gasteiger charge is 2.32. The van der Waals surface area contributed by atoms with Crippen LogP contribution in [0.1, 0.15) is 0 Å². The topological polar surface area (TPSA) is 61.7 Å². The molecule has 0 aliphatic rings. The van der Waals surface area contributed by atoms with Crippen LogP contribution in [0.3, 0.4) is 0 Å². The van der Waals surface area contributed by atoms with Crippen LogP contribution in [0, 0.1) is 0 Å². The largest absolute Gasteiger partial charge is 0.573 e. The Morgan fingerprint density at radius 1 is 1.29 bits per heavy atom. The standard InChI is InChI=1S/C10H12F3NO3/c11-10(12,13)17-9-4-2-1-3-8(9)14-5-7(16)6-15/h1-4,7,14-16H,5-6H2/t7-/m0/s1. The molecular formula is C10H12F3NO3. The number of halogens is 3. The van der Waals surface area contributed by atoms with Crippen molar-refractivity contribution in [1.29, 1.82) is 0 Å². The average molecular weight is 251 g/mol. The van der Waals surface area contributed by atoms with E-state index in [0.717, 1.165) is 6.07 Å². The second kappa shape index (κ2) is 5.74. The smallest absolute Gasteiger partial charge is 0.404 e. The van der Waals surface area contributed by atoms with E-state index in [1.807, 2.05) is 0 Å². The number of benzene rings is 1. The van der Waals surface area contributed by atoms with Crippen molar-refractivity contribution in [1.82, 2.24) is 0 Å². The van der Waals surface area contributed by atoms with Crippen LogP contribution in [0.25, 0.3) is 0 Å². The molecule has 0 saturated heterocycles. The fraction of sp³-hybridized carbons (Fsp3) is 0.400. The molecule has 1 rings (SSSR count). The van der Waals surface area contributed by atoms with Crippen molar-refractivity contribution in [2.24, 2.45) is 0 Å². The summed E-state index contributed by atoms with van der Waals surface area (Å²) in [6.45, 7) is -0.552. The summed E-state index contributed by atoms with van der Waals surface area (Å²) in [6.07, 6.45) is -5.82. The van der Waals surface area contributed by atoms with Gasteiger partial charge in [0.2, 0.25) is 0 Å². The molecular weight excluding hydrogens is 239 g/mol. The van der Waals surface area contributed by atoms with E-state index < -0.39 is 19.1 Å². The average Bonchev–Trinajstić information content (AvgIpc) is 2.25. The van der Waals surface area contributed by atoms with Gasteiger partial charge in [-0.05, 0) is 12.1 Å². The molecule has 0 amide bonds. The molecule has 0 fully saturated rings. The minimum atomic E-state index is -4.77. The van der Waals surface area contributed by atoms with E-state index in [4.69, 9.17) is 10.2 Å². The first-order chi connectivity index (χ1) is 7.92. The van der Waals surface area contributed by atoms with Gasteiger partial charge >= 0.3 is 6.36 Å². The Morgan fingerprint density at radius 2 is 1.94 bits per heavy atom. The second-order valence-corrected chi connectivity index (χ2v) is 3.26. The van der Waals surface area contributed by atoms with Gasteiger partial charge in [-0.3, -0.25) is 0 Å². The summed E-state index contributed by atoms with van der Waals surface area (Å²) in [6, 6.07) is 5.46. The second-order valence-electron chi connectivity index (χ2n) is 3.26. The Morgan fingerprint density at radius 3 is 2.53 bits per heavy atom. The van der Waals surface area contributed by atoms with Crippen LogP contribution in [0.2, 0.25) is 0 Å². The third-order valence-electron chi connectivity index (χ3n) is 1.85. The number of aliphatic hydroxyl groups excluding tert-OH is 2. The van der Waals surface area contributed by atoms with Crippen LogP contribution in [0.4, 0.5) is 18.9 Å². The third-order valence-corrected chi connectivity index (χ3v) is 1.85. The lowest BCUT2D eigenvalue weighted by Gasteiger charge is -2.15. The van der Waals surface area contributed by atoms with E-state index in [9.17, 15) is 13.2 Å². The number of aliphatic hydroxyl groups is 2. The first kappa shape index (κ1) is 13.6. The van der Waals surface area contributed by atoms with Crippen LogP contribution in [-0.2, 0) is 0 Å². The summed E-state index contributed by atoms with van der Waals surface area (Å²) in [4.78, 5) is 0. The quantitative estimate of drug-likeness (QED) is 0.739. The van der Waals surface area contributed by atoms with E-state index in [2.05, 4.69) is 10.1 Å². The molecule has 1 atom stereocenters. The van der Waals surface area contributed by atoms with Gasteiger partial charge in [-0.15, -0.1) is 13.2 Å². The molecule has 0 aliphatic heterocycles. The Kier molecular flexibility index (Phi) is 4.59. The monoisotopic (exact) mass is 251 g/mol. The number of hydrogen-bond acceptors (Lipinski definition) is 4. The van der Waals surface area contributed by atoms with Gasteiger partial charge in [-0.2, -0.15) is 0 Å². The highest BCUT2D eigenvalue weighted by atomic mass is 19.4. The molecule has 0 unspecified atom stereocenters. The highest BCUT2D eigenvalue weighted by molar-refractivity contribution is 5.56. The lowest BCUT2D eigenvalue weighted by atomic mass is 10.2. The van der Waals surface area contributed by atoms with Crippen molar-refractivity contribution in [3.63, 3.8) is 0 Å². The van der Waals surface area contributed by atoms with E-state index in [-0.39, 0.29) is 18.0 Å². The number of hydrogen-bond donors (Lipinski definition) is 3. The zero-order chi connectivity index (χ0) is 12.9. The molecule has 0 aromatic heterocycles. The molecule has 1 aromatic rings. The van der Waals surface area contributed by atoms with Gasteiger partial charge in [0, 0.05) is 6.54 Å². The lowest BCUT2D eigenvalue weighted by molar-refractivity contribution is -0.274. The van der Waals surface area contributed by atoms with Gasteiger partial charge in [0.15, 0.2) is 5.75 Å². The van der Waals surface area contributed by atoms with Crippen LogP contribution in [-0.4, -0.2) is 35.8 Å². The summed E-state index contributed by atoms with van der Waals surface area (Å²) in [5, 5.41) is 20.2. The molecule has 96 valence electrons. The van der Waals surface area contributed by atoms with Gasteiger partial charge < -0.3 is 20.3 Å². The Labute approximate surface area is 95.6 Å². The van der Waals surface area contributed by atoms with Crippen LogP contribution in [0.15, 0.2) is 24.3 Å². The number of anilines is 1. The predicted octanol–water partition coefficient (Wildman–Crippen LogP) is 1.35. The third kappa shape index (κ3) is 4.92. The van der Waals surface area contributed by atoms with Crippen molar-refractivity contribution in [2.45, 2.75) is 12.5 Å². The molecule has 7 heteroatoms. The van der Waals surface area contributed by atoms with Crippen LogP contribution < -0.4 is 10.1 Å². The maximum Gasteiger partial charge on any atom is 0.573 e. The highest BCUT2D eigenvalue weighted by Crippen LogP contribution is 2.29. The number of alkyl halides is 3. The summed E-state index contributed by atoms with van der Waals surface area (Å²) in [5.41, 5.74) is 0.0947. The lowest BCUT2D eigenvalue weighted by Crippen LogP contribution is -2.24. The van der Waals surface area contributed by atoms with Crippen molar-refractivity contribution < 1.29 is 28.1 Å². The summed E-state index contributed by atoms with van der Waals surface area (Å²) < 4.78 is 39.9. The van der Waals surface area contributed by atoms with Gasteiger partial charge in [0.25, 0.3) is 0 Å². The summed E-state index contributed by atoms with van der Waals surface area (Å²) >= 11 is 0. The molecule has 0 heterocycles. The van der Waals surface area contributed by atoms with Gasteiger partial charge in [0.05, 0.1) is 18.4 Å². The first-order valence-electron chi connectivity index (χ1n) is 4.80.